The summed E-state index contributed by atoms with van der Waals surface area (Å²) in [6.45, 7) is 1.94. The number of nitrogens with one attached hydrogen (secondary N) is 2. The Morgan fingerprint density at radius 2 is 1.80 bits per heavy atom. The van der Waals surface area contributed by atoms with Gasteiger partial charge in [-0.1, -0.05) is 30.3 Å². The van der Waals surface area contributed by atoms with E-state index in [9.17, 15) is 14.4 Å². The summed E-state index contributed by atoms with van der Waals surface area (Å²) >= 11 is 0. The third kappa shape index (κ3) is 5.99. The molecule has 108 valence electrons. The summed E-state index contributed by atoms with van der Waals surface area (Å²) < 4.78 is 0. The number of aliphatic carboxylic acids is 1. The van der Waals surface area contributed by atoms with Gasteiger partial charge in [-0.25, -0.2) is 0 Å². The van der Waals surface area contributed by atoms with Crippen LogP contribution in [-0.2, 0) is 20.9 Å². The van der Waals surface area contributed by atoms with Crippen molar-refractivity contribution in [3.63, 3.8) is 0 Å². The molecule has 0 bridgehead atoms. The highest BCUT2D eigenvalue weighted by atomic mass is 16.4. The van der Waals surface area contributed by atoms with Crippen molar-refractivity contribution in [1.29, 1.82) is 0 Å². The van der Waals surface area contributed by atoms with Crippen LogP contribution in [0.15, 0.2) is 30.3 Å². The van der Waals surface area contributed by atoms with Crippen LogP contribution in [0.1, 0.15) is 25.3 Å². The molecule has 3 N–H and O–H groups in total. The fourth-order valence-corrected chi connectivity index (χ4v) is 1.54. The quantitative estimate of drug-likeness (QED) is 0.683. The van der Waals surface area contributed by atoms with E-state index in [1.165, 1.54) is 0 Å². The van der Waals surface area contributed by atoms with Gasteiger partial charge in [0.1, 0.15) is 6.04 Å². The lowest BCUT2D eigenvalue weighted by Gasteiger charge is -2.13. The van der Waals surface area contributed by atoms with Gasteiger partial charge < -0.3 is 15.7 Å². The maximum Gasteiger partial charge on any atom is 0.303 e. The van der Waals surface area contributed by atoms with Gasteiger partial charge in [0.25, 0.3) is 0 Å². The number of amides is 2. The van der Waals surface area contributed by atoms with E-state index in [4.69, 9.17) is 5.11 Å². The van der Waals surface area contributed by atoms with Gasteiger partial charge in [-0.05, 0) is 12.5 Å². The second-order valence-electron chi connectivity index (χ2n) is 4.39. The molecule has 0 aliphatic rings. The largest absolute Gasteiger partial charge is 0.481 e. The van der Waals surface area contributed by atoms with E-state index in [1.54, 1.807) is 6.92 Å². The molecule has 20 heavy (non-hydrogen) atoms. The molecule has 0 saturated heterocycles. The molecule has 0 spiro atoms. The Morgan fingerprint density at radius 3 is 2.40 bits per heavy atom. The number of rotatable bonds is 7. The van der Waals surface area contributed by atoms with Crippen LogP contribution in [0, 0.1) is 0 Å². The Bertz CT molecular complexity index is 473. The first-order valence-electron chi connectivity index (χ1n) is 6.32. The number of carbonyl (C=O) groups excluding carboxylic acids is 2. The van der Waals surface area contributed by atoms with E-state index in [1.807, 2.05) is 30.3 Å². The zero-order valence-corrected chi connectivity index (χ0v) is 11.3. The molecule has 0 fully saturated rings. The summed E-state index contributed by atoms with van der Waals surface area (Å²) in [7, 11) is 0. The number of carboxylic acid groups (broad SMARTS) is 1. The van der Waals surface area contributed by atoms with Crippen LogP contribution in [0.4, 0.5) is 0 Å². The molecule has 1 atom stereocenters. The lowest BCUT2D eigenvalue weighted by atomic mass is 10.2. The van der Waals surface area contributed by atoms with Crippen molar-refractivity contribution in [2.24, 2.45) is 0 Å². The van der Waals surface area contributed by atoms with Crippen molar-refractivity contribution in [2.45, 2.75) is 32.4 Å². The predicted molar refractivity (Wildman–Crippen MR) is 72.8 cm³/mol. The van der Waals surface area contributed by atoms with E-state index in [-0.39, 0.29) is 18.7 Å². The first-order chi connectivity index (χ1) is 9.49. The van der Waals surface area contributed by atoms with Gasteiger partial charge in [-0.15, -0.1) is 0 Å². The third-order valence-electron chi connectivity index (χ3n) is 2.65. The van der Waals surface area contributed by atoms with Crippen LogP contribution in [0.25, 0.3) is 0 Å². The monoisotopic (exact) mass is 278 g/mol. The summed E-state index contributed by atoms with van der Waals surface area (Å²) in [6.07, 6.45) is -0.379. The van der Waals surface area contributed by atoms with E-state index in [0.29, 0.717) is 6.54 Å². The average molecular weight is 278 g/mol. The van der Waals surface area contributed by atoms with Crippen molar-refractivity contribution < 1.29 is 19.5 Å². The minimum atomic E-state index is -1.04. The van der Waals surface area contributed by atoms with Crippen LogP contribution < -0.4 is 10.6 Å². The second kappa shape index (κ2) is 7.93. The molecule has 0 aliphatic heterocycles. The van der Waals surface area contributed by atoms with Crippen LogP contribution >= 0.6 is 0 Å². The van der Waals surface area contributed by atoms with Crippen LogP contribution in [0.2, 0.25) is 0 Å². The number of carboxylic acids is 1. The third-order valence-corrected chi connectivity index (χ3v) is 2.65. The fraction of sp³-hybridized carbons (Fsp3) is 0.357. The summed E-state index contributed by atoms with van der Waals surface area (Å²) in [5.41, 5.74) is 0.963. The van der Waals surface area contributed by atoms with Crippen molar-refractivity contribution in [1.82, 2.24) is 10.6 Å². The maximum atomic E-state index is 11.7. The van der Waals surface area contributed by atoms with Gasteiger partial charge in [0.05, 0.1) is 6.42 Å². The van der Waals surface area contributed by atoms with Crippen molar-refractivity contribution in [3.05, 3.63) is 35.9 Å². The fourth-order valence-electron chi connectivity index (χ4n) is 1.54. The Hall–Kier alpha value is -2.37. The Labute approximate surface area is 117 Å². The van der Waals surface area contributed by atoms with Gasteiger partial charge in [0.15, 0.2) is 0 Å². The Morgan fingerprint density at radius 1 is 1.15 bits per heavy atom. The van der Waals surface area contributed by atoms with E-state index < -0.39 is 17.9 Å². The summed E-state index contributed by atoms with van der Waals surface area (Å²) in [5, 5.41) is 13.6. The lowest BCUT2D eigenvalue weighted by Crippen LogP contribution is -2.44. The van der Waals surface area contributed by atoms with E-state index in [0.717, 1.165) is 5.56 Å². The normalized spacial score (nSPS) is 11.4. The predicted octanol–water partition coefficient (Wildman–Crippen LogP) is 0.672. The highest BCUT2D eigenvalue weighted by molar-refractivity contribution is 5.88. The smallest absolute Gasteiger partial charge is 0.303 e. The molecule has 0 unspecified atom stereocenters. The minimum absolute atomic E-state index is 0.133. The number of benzene rings is 1. The van der Waals surface area contributed by atoms with Crippen molar-refractivity contribution in [2.75, 3.05) is 0 Å². The highest BCUT2D eigenvalue weighted by Gasteiger charge is 2.15. The highest BCUT2D eigenvalue weighted by Crippen LogP contribution is 1.98. The van der Waals surface area contributed by atoms with Gasteiger partial charge in [0, 0.05) is 13.0 Å². The summed E-state index contributed by atoms with van der Waals surface area (Å²) in [5.74, 6) is -1.80. The molecule has 0 aromatic heterocycles. The zero-order chi connectivity index (χ0) is 15.0. The van der Waals surface area contributed by atoms with Gasteiger partial charge in [-0.3, -0.25) is 14.4 Å². The van der Waals surface area contributed by atoms with Gasteiger partial charge >= 0.3 is 5.97 Å². The molecule has 0 heterocycles. The maximum absolute atomic E-state index is 11.7. The van der Waals surface area contributed by atoms with Crippen molar-refractivity contribution >= 4 is 17.8 Å². The second-order valence-corrected chi connectivity index (χ2v) is 4.39. The van der Waals surface area contributed by atoms with Gasteiger partial charge in [-0.2, -0.15) is 0 Å². The van der Waals surface area contributed by atoms with Crippen LogP contribution in [-0.4, -0.2) is 28.9 Å². The topological polar surface area (TPSA) is 95.5 Å². The molecule has 0 aliphatic carbocycles. The molecule has 0 saturated carbocycles. The van der Waals surface area contributed by atoms with Gasteiger partial charge in [0.2, 0.25) is 11.8 Å². The minimum Gasteiger partial charge on any atom is -0.481 e. The Kier molecular flexibility index (Phi) is 6.22. The molecular formula is C14H18N2O4. The summed E-state index contributed by atoms with van der Waals surface area (Å²) in [6, 6.07) is 8.71. The Balaban J connectivity index is 2.32. The number of hydrogen-bond acceptors (Lipinski definition) is 3. The standard InChI is InChI=1S/C14H18N2O4/c1-10(16-12(17)7-8-13(18)19)14(20)15-9-11-5-3-2-4-6-11/h2-6,10H,7-9H2,1H3,(H,15,20)(H,16,17)(H,18,19)/t10-/m1/s1. The molecule has 2 amide bonds. The zero-order valence-electron chi connectivity index (χ0n) is 11.3. The molecule has 0 radical (unpaired) electrons. The molecule has 1 aromatic carbocycles. The van der Waals surface area contributed by atoms with E-state index >= 15 is 0 Å². The SMILES string of the molecule is C[C@@H](NC(=O)CCC(=O)O)C(=O)NCc1ccccc1. The lowest BCUT2D eigenvalue weighted by molar-refractivity contribution is -0.139. The molecule has 6 heteroatoms. The molecule has 1 rings (SSSR count). The average Bonchev–Trinajstić information content (AvgIpc) is 2.43. The summed E-state index contributed by atoms with van der Waals surface area (Å²) in [4.78, 5) is 33.5. The number of carbonyl (C=O) groups is 3. The molecule has 1 aromatic rings. The number of hydrogen-bond donors (Lipinski definition) is 3. The first kappa shape index (κ1) is 15.7. The van der Waals surface area contributed by atoms with Crippen LogP contribution in [0.3, 0.4) is 0 Å². The van der Waals surface area contributed by atoms with Crippen molar-refractivity contribution in [3.8, 4) is 0 Å². The molecular weight excluding hydrogens is 260 g/mol. The first-order valence-corrected chi connectivity index (χ1v) is 6.32. The van der Waals surface area contributed by atoms with E-state index in [2.05, 4.69) is 10.6 Å². The molecule has 6 nitrogen and oxygen atoms in total. The van der Waals surface area contributed by atoms with Crippen LogP contribution in [0.5, 0.6) is 0 Å².